The number of allylic oxidation sites excluding steroid dienone is 2. The van der Waals surface area contributed by atoms with Crippen LogP contribution >= 0.6 is 0 Å². The van der Waals surface area contributed by atoms with Crippen LogP contribution in [0.4, 0.5) is 4.79 Å². The lowest BCUT2D eigenvalue weighted by atomic mass is 9.87. The second-order valence-corrected chi connectivity index (χ2v) is 7.12. The van der Waals surface area contributed by atoms with Crippen molar-refractivity contribution in [3.63, 3.8) is 0 Å². The molecule has 0 aromatic heterocycles. The summed E-state index contributed by atoms with van der Waals surface area (Å²) in [6, 6.07) is 0.576. The van der Waals surface area contributed by atoms with Gasteiger partial charge in [0, 0.05) is 19.1 Å². The molecule has 1 rings (SSSR count). The Kier molecular flexibility index (Phi) is 15.1. The predicted octanol–water partition coefficient (Wildman–Crippen LogP) is 5.41. The molecule has 0 aliphatic carbocycles. The minimum Gasteiger partial charge on any atom is -0.450 e. The Morgan fingerprint density at radius 1 is 1.35 bits per heavy atom. The minimum atomic E-state index is -0.263. The summed E-state index contributed by atoms with van der Waals surface area (Å²) < 4.78 is 5.13. The molecule has 1 saturated heterocycles. The smallest absolute Gasteiger partial charge is 0.407 e. The number of hydrogen-bond donors (Lipinski definition) is 1. The van der Waals surface area contributed by atoms with E-state index in [1.54, 1.807) is 6.08 Å². The Hall–Kier alpha value is -1.29. The van der Waals surface area contributed by atoms with Crippen molar-refractivity contribution in [2.45, 2.75) is 72.8 Å². The molecule has 0 aromatic carbocycles. The van der Waals surface area contributed by atoms with Gasteiger partial charge >= 0.3 is 6.09 Å². The number of hydrogen-bond acceptors (Lipinski definition) is 3. The van der Waals surface area contributed by atoms with Crippen LogP contribution in [-0.2, 0) is 4.74 Å². The van der Waals surface area contributed by atoms with Gasteiger partial charge in [-0.3, -0.25) is 4.90 Å². The number of ether oxygens (including phenoxy) is 1. The maximum Gasteiger partial charge on any atom is 0.407 e. The van der Waals surface area contributed by atoms with Gasteiger partial charge in [0.1, 0.15) is 0 Å². The van der Waals surface area contributed by atoms with E-state index < -0.39 is 0 Å². The Labute approximate surface area is 162 Å². The molecule has 0 spiro atoms. The van der Waals surface area contributed by atoms with Crippen LogP contribution in [0.1, 0.15) is 66.7 Å². The van der Waals surface area contributed by atoms with Crippen molar-refractivity contribution in [3.05, 3.63) is 24.8 Å². The summed E-state index contributed by atoms with van der Waals surface area (Å²) in [7, 11) is 0. The first-order chi connectivity index (χ1) is 12.5. The zero-order valence-electron chi connectivity index (χ0n) is 17.8. The van der Waals surface area contributed by atoms with Crippen LogP contribution in [0, 0.1) is 11.8 Å². The third-order valence-corrected chi connectivity index (χ3v) is 4.78. The highest BCUT2D eigenvalue weighted by molar-refractivity contribution is 5.67. The van der Waals surface area contributed by atoms with Crippen molar-refractivity contribution >= 4 is 6.09 Å². The lowest BCUT2D eigenvalue weighted by Gasteiger charge is -2.33. The topological polar surface area (TPSA) is 41.6 Å². The molecule has 1 amide bonds. The molecular formula is C22H42N2O2. The quantitative estimate of drug-likeness (QED) is 0.526. The van der Waals surface area contributed by atoms with E-state index in [1.807, 2.05) is 13.8 Å². The summed E-state index contributed by atoms with van der Waals surface area (Å²) in [6.45, 7) is 17.5. The van der Waals surface area contributed by atoms with Gasteiger partial charge in [-0.1, -0.05) is 45.4 Å². The van der Waals surface area contributed by atoms with E-state index in [0.717, 1.165) is 32.5 Å². The zero-order chi connectivity index (χ0) is 19.8. The first-order valence-corrected chi connectivity index (χ1v) is 10.4. The average Bonchev–Trinajstić information content (AvgIpc) is 3.02. The number of alkyl carbamates (subject to hydrolysis) is 1. The van der Waals surface area contributed by atoms with E-state index in [4.69, 9.17) is 4.74 Å². The lowest BCUT2D eigenvalue weighted by molar-refractivity contribution is 0.136. The number of carbonyl (C=O) groups is 1. The molecule has 152 valence electrons. The molecule has 26 heavy (non-hydrogen) atoms. The van der Waals surface area contributed by atoms with Crippen LogP contribution in [-0.4, -0.2) is 43.3 Å². The number of nitrogens with one attached hydrogen (secondary N) is 1. The van der Waals surface area contributed by atoms with E-state index in [0.29, 0.717) is 24.5 Å². The molecule has 0 bridgehead atoms. The van der Waals surface area contributed by atoms with Gasteiger partial charge in [0.05, 0.1) is 6.61 Å². The molecular weight excluding hydrogens is 324 g/mol. The third kappa shape index (κ3) is 10.0. The molecule has 1 heterocycles. The van der Waals surface area contributed by atoms with Gasteiger partial charge < -0.3 is 10.1 Å². The minimum absolute atomic E-state index is 0.263. The molecule has 1 fully saturated rings. The van der Waals surface area contributed by atoms with Crippen LogP contribution in [0.5, 0.6) is 0 Å². The fourth-order valence-electron chi connectivity index (χ4n) is 3.75. The monoisotopic (exact) mass is 366 g/mol. The van der Waals surface area contributed by atoms with Crippen LogP contribution in [0.25, 0.3) is 0 Å². The Balaban J connectivity index is 0.00000194. The Morgan fingerprint density at radius 3 is 2.62 bits per heavy atom. The van der Waals surface area contributed by atoms with Gasteiger partial charge in [0.2, 0.25) is 0 Å². The van der Waals surface area contributed by atoms with E-state index in [1.165, 1.54) is 19.3 Å². The van der Waals surface area contributed by atoms with Crippen molar-refractivity contribution in [1.82, 2.24) is 10.2 Å². The van der Waals surface area contributed by atoms with Crippen molar-refractivity contribution in [2.24, 2.45) is 11.8 Å². The zero-order valence-corrected chi connectivity index (χ0v) is 17.8. The van der Waals surface area contributed by atoms with E-state index in [-0.39, 0.29) is 6.09 Å². The summed E-state index contributed by atoms with van der Waals surface area (Å²) in [4.78, 5) is 14.3. The molecule has 4 heteroatoms. The van der Waals surface area contributed by atoms with Crippen molar-refractivity contribution in [2.75, 3.05) is 26.2 Å². The first kappa shape index (κ1) is 24.7. The Morgan fingerprint density at radius 2 is 2.04 bits per heavy atom. The first-order valence-electron chi connectivity index (χ1n) is 10.4. The number of carbonyl (C=O) groups excluding carboxylic acids is 1. The number of rotatable bonds is 10. The van der Waals surface area contributed by atoms with Crippen LogP contribution < -0.4 is 5.32 Å². The summed E-state index contributed by atoms with van der Waals surface area (Å²) in [5, 5.41) is 2.97. The van der Waals surface area contributed by atoms with Gasteiger partial charge in [-0.05, 0) is 57.9 Å². The van der Waals surface area contributed by atoms with E-state index in [2.05, 4.69) is 49.7 Å². The molecule has 4 nitrogen and oxygen atoms in total. The highest BCUT2D eigenvalue weighted by Gasteiger charge is 2.36. The van der Waals surface area contributed by atoms with Crippen molar-refractivity contribution in [3.8, 4) is 0 Å². The third-order valence-electron chi connectivity index (χ3n) is 4.78. The van der Waals surface area contributed by atoms with Gasteiger partial charge in [-0.25, -0.2) is 4.79 Å². The lowest BCUT2D eigenvalue weighted by Crippen LogP contribution is -2.42. The maximum absolute atomic E-state index is 11.7. The summed E-state index contributed by atoms with van der Waals surface area (Å²) in [5.41, 5.74) is 0. The number of nitrogens with zero attached hydrogens (tertiary/aromatic N) is 1. The van der Waals surface area contributed by atoms with Crippen LogP contribution in [0.2, 0.25) is 0 Å². The average molecular weight is 367 g/mol. The van der Waals surface area contributed by atoms with Gasteiger partial charge in [-0.15, -0.1) is 6.58 Å². The van der Waals surface area contributed by atoms with Gasteiger partial charge in [-0.2, -0.15) is 0 Å². The second-order valence-electron chi connectivity index (χ2n) is 7.12. The highest BCUT2D eigenvalue weighted by atomic mass is 16.5. The predicted molar refractivity (Wildman–Crippen MR) is 112 cm³/mol. The summed E-state index contributed by atoms with van der Waals surface area (Å²) in [5.74, 6) is 1.21. The molecule has 1 aliphatic rings. The highest BCUT2D eigenvalue weighted by Crippen LogP contribution is 2.31. The molecule has 0 radical (unpaired) electrons. The largest absolute Gasteiger partial charge is 0.450 e. The van der Waals surface area contributed by atoms with Crippen LogP contribution in [0.15, 0.2) is 24.8 Å². The van der Waals surface area contributed by atoms with Crippen LogP contribution in [0.3, 0.4) is 0 Å². The van der Waals surface area contributed by atoms with Crippen molar-refractivity contribution in [1.29, 1.82) is 0 Å². The fourth-order valence-corrected chi connectivity index (χ4v) is 3.75. The molecule has 3 atom stereocenters. The summed E-state index contributed by atoms with van der Waals surface area (Å²) in [6.07, 6.45) is 11.5. The summed E-state index contributed by atoms with van der Waals surface area (Å²) >= 11 is 0. The van der Waals surface area contributed by atoms with Gasteiger partial charge in [0.25, 0.3) is 0 Å². The number of amides is 1. The normalized spacial score (nSPS) is 21.1. The molecule has 3 unspecified atom stereocenters. The second kappa shape index (κ2) is 15.9. The fraction of sp³-hybridized carbons (Fsp3) is 0.773. The van der Waals surface area contributed by atoms with Gasteiger partial charge in [0.15, 0.2) is 0 Å². The maximum atomic E-state index is 11.7. The van der Waals surface area contributed by atoms with E-state index in [9.17, 15) is 4.79 Å². The van der Waals surface area contributed by atoms with Crippen molar-refractivity contribution < 1.29 is 9.53 Å². The SMILES string of the molecule is C/C=C\CCN1CCC(CNC(=O)OCCC)C1C(C)CCC.C=CC. The molecule has 0 aromatic rings. The molecule has 0 saturated carbocycles. The standard InChI is InChI=1S/C19H36N2O2.C3H6/c1-5-8-9-12-21-13-11-17(18(21)16(4)10-6-2)15-20-19(22)23-14-7-3;1-3-2/h5,8,16-18H,6-7,9-15H2,1-4H3,(H,20,22);3H,1H2,2H3/b8-5-;. The number of likely N-dealkylation sites (tertiary alicyclic amines) is 1. The van der Waals surface area contributed by atoms with E-state index >= 15 is 0 Å². The molecule has 1 aliphatic heterocycles. The Bertz CT molecular complexity index is 396. The molecule has 1 N–H and O–H groups in total.